The molecule has 1 fully saturated rings. The summed E-state index contributed by atoms with van der Waals surface area (Å²) >= 11 is 6.26. The average Bonchev–Trinajstić information content (AvgIpc) is 3.19. The summed E-state index contributed by atoms with van der Waals surface area (Å²) in [6, 6.07) is 8.03. The second-order valence-electron chi connectivity index (χ2n) is 4.56. The molecule has 1 aliphatic rings. The van der Waals surface area contributed by atoms with Crippen molar-refractivity contribution < 1.29 is 4.79 Å². The first-order chi connectivity index (χ1) is 8.24. The van der Waals surface area contributed by atoms with Gasteiger partial charge in [0, 0.05) is 6.54 Å². The number of amides is 1. The van der Waals surface area contributed by atoms with Gasteiger partial charge in [0.2, 0.25) is 5.91 Å². The van der Waals surface area contributed by atoms with Crippen LogP contribution in [-0.4, -0.2) is 12.5 Å². The van der Waals surface area contributed by atoms with Crippen molar-refractivity contribution in [1.82, 2.24) is 5.32 Å². The molecule has 3 heteroatoms. The molecule has 17 heavy (non-hydrogen) atoms. The van der Waals surface area contributed by atoms with E-state index in [0.717, 1.165) is 12.0 Å². The molecular formula is C14H18ClNO. The zero-order valence-corrected chi connectivity index (χ0v) is 10.8. The molecule has 2 nitrogen and oxygen atoms in total. The van der Waals surface area contributed by atoms with Crippen LogP contribution in [0.3, 0.4) is 0 Å². The third-order valence-electron chi connectivity index (χ3n) is 3.07. The van der Waals surface area contributed by atoms with E-state index in [0.29, 0.717) is 12.5 Å². The number of nitrogens with one attached hydrogen (secondary N) is 1. The fraction of sp³-hybridized carbons (Fsp3) is 0.500. The van der Waals surface area contributed by atoms with Crippen LogP contribution >= 0.6 is 11.6 Å². The Morgan fingerprint density at radius 2 is 2.18 bits per heavy atom. The van der Waals surface area contributed by atoms with Crippen molar-refractivity contribution in [3.8, 4) is 0 Å². The minimum Gasteiger partial charge on any atom is -0.355 e. The first-order valence-corrected chi connectivity index (χ1v) is 6.68. The van der Waals surface area contributed by atoms with Gasteiger partial charge in [0.1, 0.15) is 5.38 Å². The lowest BCUT2D eigenvalue weighted by atomic mass is 10.00. The summed E-state index contributed by atoms with van der Waals surface area (Å²) in [5, 5.41) is 2.29. The van der Waals surface area contributed by atoms with Gasteiger partial charge in [-0.1, -0.05) is 31.2 Å². The molecule has 2 rings (SSSR count). The van der Waals surface area contributed by atoms with E-state index in [4.69, 9.17) is 11.6 Å². The maximum Gasteiger partial charge on any atom is 0.242 e. The standard InChI is InChI=1S/C14H18ClNO/c1-2-9-16-14(17)13(15)12-6-4-3-5-11(12)10-7-8-10/h3-6,10,13H,2,7-9H2,1H3,(H,16,17). The predicted octanol–water partition coefficient (Wildman–Crippen LogP) is 3.37. The molecule has 1 aromatic rings. The van der Waals surface area contributed by atoms with Gasteiger partial charge in [0.05, 0.1) is 0 Å². The summed E-state index contributed by atoms with van der Waals surface area (Å²) in [6.45, 7) is 2.72. The van der Waals surface area contributed by atoms with E-state index < -0.39 is 5.38 Å². The third-order valence-corrected chi connectivity index (χ3v) is 3.50. The van der Waals surface area contributed by atoms with E-state index in [1.165, 1.54) is 18.4 Å². The highest BCUT2D eigenvalue weighted by molar-refractivity contribution is 6.30. The topological polar surface area (TPSA) is 29.1 Å². The van der Waals surface area contributed by atoms with Crippen LogP contribution < -0.4 is 5.32 Å². The number of hydrogen-bond donors (Lipinski definition) is 1. The Labute approximate surface area is 107 Å². The molecule has 0 spiro atoms. The van der Waals surface area contributed by atoms with E-state index in [2.05, 4.69) is 11.4 Å². The summed E-state index contributed by atoms with van der Waals surface area (Å²) in [5.74, 6) is 0.535. The number of alkyl halides is 1. The molecule has 0 saturated heterocycles. The van der Waals surface area contributed by atoms with Crippen molar-refractivity contribution in [2.24, 2.45) is 0 Å². The molecule has 0 radical (unpaired) electrons. The maximum absolute atomic E-state index is 11.9. The smallest absolute Gasteiger partial charge is 0.242 e. The number of carbonyl (C=O) groups excluding carboxylic acids is 1. The highest BCUT2D eigenvalue weighted by atomic mass is 35.5. The summed E-state index contributed by atoms with van der Waals surface area (Å²) in [6.07, 6.45) is 3.37. The average molecular weight is 252 g/mol. The summed E-state index contributed by atoms with van der Waals surface area (Å²) in [7, 11) is 0. The molecule has 0 aliphatic heterocycles. The first kappa shape index (κ1) is 12.4. The highest BCUT2D eigenvalue weighted by Crippen LogP contribution is 2.43. The molecular weight excluding hydrogens is 234 g/mol. The lowest BCUT2D eigenvalue weighted by Crippen LogP contribution is -2.28. The Morgan fingerprint density at radius 1 is 1.47 bits per heavy atom. The van der Waals surface area contributed by atoms with E-state index >= 15 is 0 Å². The van der Waals surface area contributed by atoms with Gasteiger partial charge in [-0.05, 0) is 36.3 Å². The normalized spacial score (nSPS) is 16.6. The number of halogens is 1. The van der Waals surface area contributed by atoms with Crippen LogP contribution in [0.4, 0.5) is 0 Å². The summed E-state index contributed by atoms with van der Waals surface area (Å²) in [4.78, 5) is 11.9. The van der Waals surface area contributed by atoms with Crippen LogP contribution in [0.15, 0.2) is 24.3 Å². The van der Waals surface area contributed by atoms with Crippen molar-refractivity contribution >= 4 is 17.5 Å². The zero-order chi connectivity index (χ0) is 12.3. The molecule has 1 aliphatic carbocycles. The monoisotopic (exact) mass is 251 g/mol. The van der Waals surface area contributed by atoms with Crippen LogP contribution in [0.25, 0.3) is 0 Å². The Bertz CT molecular complexity index is 401. The first-order valence-electron chi connectivity index (χ1n) is 6.24. The van der Waals surface area contributed by atoms with Crippen LogP contribution in [0.1, 0.15) is 48.6 Å². The molecule has 0 heterocycles. The van der Waals surface area contributed by atoms with E-state index in [-0.39, 0.29) is 5.91 Å². The molecule has 1 unspecified atom stereocenters. The maximum atomic E-state index is 11.9. The van der Waals surface area contributed by atoms with Gasteiger partial charge in [-0.15, -0.1) is 11.6 Å². The number of rotatable bonds is 5. The van der Waals surface area contributed by atoms with Crippen LogP contribution in [0.5, 0.6) is 0 Å². The van der Waals surface area contributed by atoms with E-state index in [1.54, 1.807) is 0 Å². The van der Waals surface area contributed by atoms with Gasteiger partial charge in [0.25, 0.3) is 0 Å². The number of hydrogen-bond acceptors (Lipinski definition) is 1. The molecule has 0 bridgehead atoms. The van der Waals surface area contributed by atoms with Crippen molar-refractivity contribution in [1.29, 1.82) is 0 Å². The lowest BCUT2D eigenvalue weighted by molar-refractivity contribution is -0.120. The molecule has 1 amide bonds. The zero-order valence-electron chi connectivity index (χ0n) is 10.1. The van der Waals surface area contributed by atoms with Gasteiger partial charge in [0.15, 0.2) is 0 Å². The van der Waals surface area contributed by atoms with Crippen LogP contribution in [-0.2, 0) is 4.79 Å². The second kappa shape index (κ2) is 5.54. The Kier molecular flexibility index (Phi) is 4.06. The van der Waals surface area contributed by atoms with Gasteiger partial charge < -0.3 is 5.32 Å². The Balaban J connectivity index is 2.12. The minimum absolute atomic E-state index is 0.0818. The molecule has 1 N–H and O–H groups in total. The van der Waals surface area contributed by atoms with Crippen molar-refractivity contribution in [3.63, 3.8) is 0 Å². The fourth-order valence-corrected chi connectivity index (χ4v) is 2.26. The SMILES string of the molecule is CCCNC(=O)C(Cl)c1ccccc1C1CC1. The van der Waals surface area contributed by atoms with Gasteiger partial charge in [-0.2, -0.15) is 0 Å². The Hall–Kier alpha value is -1.02. The third kappa shape index (κ3) is 3.01. The summed E-state index contributed by atoms with van der Waals surface area (Å²) in [5.41, 5.74) is 2.23. The second-order valence-corrected chi connectivity index (χ2v) is 4.99. The van der Waals surface area contributed by atoms with Crippen molar-refractivity contribution in [2.45, 2.75) is 37.5 Å². The quantitative estimate of drug-likeness (QED) is 0.799. The van der Waals surface area contributed by atoms with Crippen molar-refractivity contribution in [3.05, 3.63) is 35.4 Å². The van der Waals surface area contributed by atoms with Gasteiger partial charge >= 0.3 is 0 Å². The molecule has 92 valence electrons. The molecule has 1 saturated carbocycles. The number of benzene rings is 1. The predicted molar refractivity (Wildman–Crippen MR) is 70.3 cm³/mol. The van der Waals surface area contributed by atoms with Gasteiger partial charge in [-0.3, -0.25) is 4.79 Å². The lowest BCUT2D eigenvalue weighted by Gasteiger charge is -2.14. The summed E-state index contributed by atoms with van der Waals surface area (Å²) < 4.78 is 0. The van der Waals surface area contributed by atoms with E-state index in [1.807, 2.05) is 25.1 Å². The molecule has 1 aromatic carbocycles. The van der Waals surface area contributed by atoms with Gasteiger partial charge in [-0.25, -0.2) is 0 Å². The fourth-order valence-electron chi connectivity index (χ4n) is 1.99. The molecule has 1 atom stereocenters. The highest BCUT2D eigenvalue weighted by Gasteiger charge is 2.29. The van der Waals surface area contributed by atoms with Crippen molar-refractivity contribution in [2.75, 3.05) is 6.54 Å². The number of carbonyl (C=O) groups is 1. The minimum atomic E-state index is -0.557. The molecule has 0 aromatic heterocycles. The van der Waals surface area contributed by atoms with Crippen LogP contribution in [0, 0.1) is 0 Å². The largest absolute Gasteiger partial charge is 0.355 e. The van der Waals surface area contributed by atoms with Crippen LogP contribution in [0.2, 0.25) is 0 Å². The Morgan fingerprint density at radius 3 is 2.82 bits per heavy atom. The van der Waals surface area contributed by atoms with E-state index in [9.17, 15) is 4.79 Å².